The Morgan fingerprint density at radius 2 is 1.79 bits per heavy atom. The minimum atomic E-state index is -5.86. The molecular weight excluding hydrogens is 279 g/mol. The molecule has 0 N–H and O–H groups in total. The van der Waals surface area contributed by atoms with E-state index in [9.17, 15) is 31.9 Å². The summed E-state index contributed by atoms with van der Waals surface area (Å²) in [5, 5.41) is 19.7. The molecule has 0 aliphatic carbocycles. The van der Waals surface area contributed by atoms with E-state index in [0.29, 0.717) is 6.07 Å². The van der Waals surface area contributed by atoms with Crippen molar-refractivity contribution in [2.75, 3.05) is 0 Å². The Bertz CT molecular complexity index is 650. The number of hydrogen-bond donors (Lipinski definition) is 0. The van der Waals surface area contributed by atoms with Gasteiger partial charge in [-0.25, -0.2) is 0 Å². The molecule has 2 aromatic heterocycles. The van der Waals surface area contributed by atoms with E-state index >= 15 is 0 Å². The number of aromatic nitrogens is 4. The number of nitrogens with zero attached hydrogens (tertiary/aromatic N) is 4. The number of hydrogen-bond acceptors (Lipinski definition) is 5. The zero-order valence-electron chi connectivity index (χ0n) is 8.65. The van der Waals surface area contributed by atoms with Gasteiger partial charge in [0.1, 0.15) is 11.7 Å². The average Bonchev–Trinajstić information content (AvgIpc) is 2.69. The average molecular weight is 281 g/mol. The van der Waals surface area contributed by atoms with E-state index in [1.165, 1.54) is 0 Å². The lowest BCUT2D eigenvalue weighted by Gasteiger charge is -2.18. The second-order valence-corrected chi connectivity index (χ2v) is 3.37. The molecule has 0 spiro atoms. The number of fused-ring (bicyclic) bond motifs is 1. The van der Waals surface area contributed by atoms with E-state index in [-0.39, 0.29) is 10.2 Å². The topological polar surface area (TPSA) is 83.2 Å². The second-order valence-electron chi connectivity index (χ2n) is 3.37. The second kappa shape index (κ2) is 3.83. The lowest BCUT2D eigenvalue weighted by atomic mass is 10.2. The highest BCUT2D eigenvalue weighted by molar-refractivity contribution is 5.82. The van der Waals surface area contributed by atoms with Gasteiger partial charge in [0.15, 0.2) is 5.65 Å². The molecule has 0 aromatic carbocycles. The van der Waals surface area contributed by atoms with Gasteiger partial charge in [0.25, 0.3) is 0 Å². The maximum Gasteiger partial charge on any atom is 0.459 e. The fourth-order valence-corrected chi connectivity index (χ4v) is 1.23. The first-order chi connectivity index (χ1) is 8.64. The third-order valence-electron chi connectivity index (χ3n) is 2.12. The van der Waals surface area contributed by atoms with Gasteiger partial charge in [0.2, 0.25) is 5.82 Å². The van der Waals surface area contributed by atoms with Gasteiger partial charge in [-0.1, -0.05) is 0 Å². The van der Waals surface area contributed by atoms with Crippen molar-refractivity contribution in [3.05, 3.63) is 23.7 Å². The fraction of sp³-hybridized carbons (Fsp3) is 0.250. The van der Waals surface area contributed by atoms with Crippen molar-refractivity contribution in [2.45, 2.75) is 12.1 Å². The Balaban J connectivity index is 2.64. The number of rotatable bonds is 2. The highest BCUT2D eigenvalue weighted by Crippen LogP contribution is 2.42. The molecule has 0 saturated heterocycles. The summed E-state index contributed by atoms with van der Waals surface area (Å²) in [4.78, 5) is 10.5. The number of carboxylic acid groups (broad SMARTS) is 1. The zero-order valence-corrected chi connectivity index (χ0v) is 8.65. The van der Waals surface area contributed by atoms with E-state index in [0.717, 1.165) is 6.07 Å². The number of carbonyl (C=O) groups excluding carboxylic acids is 1. The summed E-state index contributed by atoms with van der Waals surface area (Å²) in [6.45, 7) is 0. The molecule has 0 aliphatic heterocycles. The van der Waals surface area contributed by atoms with Crippen molar-refractivity contribution < 1.29 is 31.9 Å². The third-order valence-corrected chi connectivity index (χ3v) is 2.12. The van der Waals surface area contributed by atoms with Gasteiger partial charge in [-0.05, 0) is 12.1 Å². The highest BCUT2D eigenvalue weighted by Gasteiger charge is 2.60. The quantitative estimate of drug-likeness (QED) is 0.731. The molecule has 2 heterocycles. The normalized spacial score (nSPS) is 12.9. The van der Waals surface area contributed by atoms with E-state index in [1.54, 1.807) is 0 Å². The molecule has 6 nitrogen and oxygen atoms in total. The first kappa shape index (κ1) is 13.1. The van der Waals surface area contributed by atoms with Gasteiger partial charge >= 0.3 is 12.1 Å². The summed E-state index contributed by atoms with van der Waals surface area (Å²) in [5.41, 5.74) is -1.98. The van der Waals surface area contributed by atoms with Gasteiger partial charge in [-0.15, -0.1) is 10.2 Å². The Morgan fingerprint density at radius 3 is 2.32 bits per heavy atom. The van der Waals surface area contributed by atoms with Crippen molar-refractivity contribution >= 4 is 11.6 Å². The Hall–Kier alpha value is -2.33. The van der Waals surface area contributed by atoms with Crippen LogP contribution < -0.4 is 5.11 Å². The Morgan fingerprint density at radius 1 is 1.16 bits per heavy atom. The van der Waals surface area contributed by atoms with Crippen LogP contribution >= 0.6 is 0 Å². The minimum Gasteiger partial charge on any atom is -0.541 e. The molecule has 2 rings (SSSR count). The zero-order chi connectivity index (χ0) is 14.4. The third kappa shape index (κ3) is 1.96. The van der Waals surface area contributed by atoms with Crippen LogP contribution in [-0.2, 0) is 5.92 Å². The van der Waals surface area contributed by atoms with E-state index < -0.39 is 29.6 Å². The molecule has 0 bridgehead atoms. The van der Waals surface area contributed by atoms with Gasteiger partial charge in [-0.3, -0.25) is 0 Å². The molecule has 102 valence electrons. The Kier molecular flexibility index (Phi) is 2.64. The number of carboxylic acids is 1. The van der Waals surface area contributed by atoms with Gasteiger partial charge in [0, 0.05) is 0 Å². The van der Waals surface area contributed by atoms with Crippen molar-refractivity contribution in [1.29, 1.82) is 0 Å². The molecule has 2 aromatic rings. The van der Waals surface area contributed by atoms with Crippen LogP contribution in [0, 0.1) is 0 Å². The SMILES string of the molecule is O=C([O-])c1nnc2ccc(C(F)(F)C(F)(F)F)nn12. The van der Waals surface area contributed by atoms with Gasteiger partial charge in [-0.2, -0.15) is 31.6 Å². The summed E-state index contributed by atoms with van der Waals surface area (Å²) in [7, 11) is 0. The van der Waals surface area contributed by atoms with Gasteiger partial charge < -0.3 is 9.90 Å². The molecule has 0 amide bonds. The molecule has 19 heavy (non-hydrogen) atoms. The van der Waals surface area contributed by atoms with Crippen LogP contribution in [0.3, 0.4) is 0 Å². The van der Waals surface area contributed by atoms with Crippen molar-refractivity contribution in [3.63, 3.8) is 0 Å². The summed E-state index contributed by atoms with van der Waals surface area (Å²) < 4.78 is 62.7. The number of carbonyl (C=O) groups is 1. The molecule has 0 saturated carbocycles. The van der Waals surface area contributed by atoms with Crippen molar-refractivity contribution in [2.24, 2.45) is 0 Å². The Labute approximate surface area is 100 Å². The van der Waals surface area contributed by atoms with Crippen LogP contribution in [0.5, 0.6) is 0 Å². The minimum absolute atomic E-state index is 0.240. The summed E-state index contributed by atoms with van der Waals surface area (Å²) >= 11 is 0. The van der Waals surface area contributed by atoms with Crippen LogP contribution in [0.4, 0.5) is 22.0 Å². The van der Waals surface area contributed by atoms with E-state index in [4.69, 9.17) is 0 Å². The smallest absolute Gasteiger partial charge is 0.459 e. The van der Waals surface area contributed by atoms with Crippen molar-refractivity contribution in [1.82, 2.24) is 19.8 Å². The van der Waals surface area contributed by atoms with E-state index in [1.807, 2.05) is 0 Å². The predicted octanol–water partition coefficient (Wildman–Crippen LogP) is 0.142. The molecule has 11 heteroatoms. The molecule has 0 fully saturated rings. The maximum atomic E-state index is 13.0. The van der Waals surface area contributed by atoms with Gasteiger partial charge in [0.05, 0.1) is 0 Å². The van der Waals surface area contributed by atoms with Crippen LogP contribution in [0.1, 0.15) is 16.3 Å². The van der Waals surface area contributed by atoms with Crippen LogP contribution in [0.25, 0.3) is 5.65 Å². The highest BCUT2D eigenvalue weighted by atomic mass is 19.4. The largest absolute Gasteiger partial charge is 0.541 e. The lowest BCUT2D eigenvalue weighted by molar-refractivity contribution is -0.291. The van der Waals surface area contributed by atoms with Crippen LogP contribution in [-0.4, -0.2) is 32.0 Å². The lowest BCUT2D eigenvalue weighted by Crippen LogP contribution is -2.35. The first-order valence-electron chi connectivity index (χ1n) is 4.53. The molecule has 0 aliphatic rings. The number of alkyl halides is 5. The number of aromatic carboxylic acids is 1. The van der Waals surface area contributed by atoms with E-state index in [2.05, 4.69) is 15.3 Å². The van der Waals surface area contributed by atoms with Crippen molar-refractivity contribution in [3.8, 4) is 0 Å². The summed E-state index contributed by atoms with van der Waals surface area (Å²) in [5.74, 6) is -8.11. The van der Waals surface area contributed by atoms with Crippen LogP contribution in [0.15, 0.2) is 12.1 Å². The first-order valence-corrected chi connectivity index (χ1v) is 4.53. The molecule has 0 radical (unpaired) electrons. The monoisotopic (exact) mass is 281 g/mol. The number of halogens is 5. The standard InChI is InChI=1S/C8H3F5N4O2/c9-7(10,8(11,12)13)3-1-2-4-14-15-5(6(18)19)17(4)16-3/h1-2H,(H,18,19)/p-1. The molecule has 0 atom stereocenters. The summed E-state index contributed by atoms with van der Waals surface area (Å²) in [6, 6.07) is 1.12. The predicted molar refractivity (Wildman–Crippen MR) is 45.1 cm³/mol. The summed E-state index contributed by atoms with van der Waals surface area (Å²) in [6.07, 6.45) is -5.86. The molecular formula is C8H2F5N4O2-. The van der Waals surface area contributed by atoms with Crippen LogP contribution in [0.2, 0.25) is 0 Å². The maximum absolute atomic E-state index is 13.0. The molecule has 0 unspecified atom stereocenters. The fourth-order valence-electron chi connectivity index (χ4n) is 1.23.